The first kappa shape index (κ1) is 15.7. The Hall–Kier alpha value is -1.16. The molecule has 3 atom stereocenters. The summed E-state index contributed by atoms with van der Waals surface area (Å²) in [5.41, 5.74) is 2.96. The van der Waals surface area contributed by atoms with Crippen LogP contribution in [0.15, 0.2) is 29.4 Å². The molecule has 118 valence electrons. The molecule has 0 N–H and O–H groups in total. The number of aryl methyl sites for hydroxylation is 1. The minimum atomic E-state index is -0.376. The van der Waals surface area contributed by atoms with E-state index in [4.69, 9.17) is 4.84 Å². The second kappa shape index (κ2) is 5.48. The lowest BCUT2D eigenvalue weighted by molar-refractivity contribution is 0.0508. The lowest BCUT2D eigenvalue weighted by atomic mass is 9.70. The van der Waals surface area contributed by atoms with E-state index < -0.39 is 0 Å². The highest BCUT2D eigenvalue weighted by molar-refractivity contribution is 9.09. The zero-order chi connectivity index (χ0) is 16.0. The van der Waals surface area contributed by atoms with Gasteiger partial charge < -0.3 is 4.84 Å². The van der Waals surface area contributed by atoms with Crippen LogP contribution >= 0.6 is 15.9 Å². The summed E-state index contributed by atoms with van der Waals surface area (Å²) in [5, 5.41) is 5.23. The monoisotopic (exact) mass is 363 g/mol. The second-order valence-corrected chi connectivity index (χ2v) is 7.67. The maximum Gasteiger partial charge on any atom is 0.365 e. The molecule has 2 aliphatic carbocycles. The van der Waals surface area contributed by atoms with E-state index in [1.165, 1.54) is 6.42 Å². The van der Waals surface area contributed by atoms with Gasteiger partial charge in [0.1, 0.15) is 0 Å². The summed E-state index contributed by atoms with van der Waals surface area (Å²) in [5.74, 6) is 0.258. The molecule has 1 aromatic carbocycles. The Labute approximate surface area is 140 Å². The highest BCUT2D eigenvalue weighted by Crippen LogP contribution is 2.64. The number of halogens is 1. The molecule has 0 saturated heterocycles. The van der Waals surface area contributed by atoms with Crippen molar-refractivity contribution >= 4 is 27.6 Å². The number of nitrogens with zero attached hydrogens (tertiary/aromatic N) is 1. The normalized spacial score (nSPS) is 35.1. The Balaban J connectivity index is 1.77. The van der Waals surface area contributed by atoms with Gasteiger partial charge >= 0.3 is 5.97 Å². The van der Waals surface area contributed by atoms with Gasteiger partial charge in [-0.15, -0.1) is 0 Å². The maximum absolute atomic E-state index is 12.1. The van der Waals surface area contributed by atoms with E-state index >= 15 is 0 Å². The summed E-state index contributed by atoms with van der Waals surface area (Å²) < 4.78 is 0. The van der Waals surface area contributed by atoms with Crippen molar-refractivity contribution < 1.29 is 9.63 Å². The number of hydrogen-bond donors (Lipinski definition) is 0. The van der Waals surface area contributed by atoms with Crippen molar-refractivity contribution in [3.05, 3.63) is 35.4 Å². The third-order valence-electron chi connectivity index (χ3n) is 6.03. The summed E-state index contributed by atoms with van der Waals surface area (Å²) in [6, 6.07) is 7.38. The summed E-state index contributed by atoms with van der Waals surface area (Å²) in [7, 11) is 0. The molecule has 2 bridgehead atoms. The van der Waals surface area contributed by atoms with E-state index in [0.717, 1.165) is 29.4 Å². The molecule has 22 heavy (non-hydrogen) atoms. The van der Waals surface area contributed by atoms with E-state index in [0.29, 0.717) is 11.5 Å². The Morgan fingerprint density at radius 1 is 1.36 bits per heavy atom. The van der Waals surface area contributed by atoms with Crippen LogP contribution in [0.25, 0.3) is 0 Å². The first-order valence-corrected chi connectivity index (χ1v) is 8.94. The van der Waals surface area contributed by atoms with Crippen LogP contribution in [0, 0.1) is 23.7 Å². The van der Waals surface area contributed by atoms with Gasteiger partial charge in [0, 0.05) is 10.7 Å². The summed E-state index contributed by atoms with van der Waals surface area (Å²) in [4.78, 5) is 17.4. The van der Waals surface area contributed by atoms with Crippen molar-refractivity contribution in [3.63, 3.8) is 0 Å². The highest BCUT2D eigenvalue weighted by Gasteiger charge is 2.62. The minimum Gasteiger partial charge on any atom is -0.313 e. The van der Waals surface area contributed by atoms with Gasteiger partial charge in [0.2, 0.25) is 0 Å². The predicted octanol–water partition coefficient (Wildman–Crippen LogP) is 4.73. The fourth-order valence-electron chi connectivity index (χ4n) is 4.01. The number of carbonyl (C=O) groups is 1. The van der Waals surface area contributed by atoms with Crippen molar-refractivity contribution in [1.29, 1.82) is 0 Å². The van der Waals surface area contributed by atoms with Gasteiger partial charge in [-0.2, -0.15) is 0 Å². The van der Waals surface area contributed by atoms with Gasteiger partial charge in [0.25, 0.3) is 0 Å². The molecular weight excluding hydrogens is 342 g/mol. The van der Waals surface area contributed by atoms with E-state index in [1.54, 1.807) is 12.1 Å². The van der Waals surface area contributed by atoms with Gasteiger partial charge in [-0.25, -0.2) is 4.79 Å². The predicted molar refractivity (Wildman–Crippen MR) is 91.4 cm³/mol. The molecule has 0 aliphatic heterocycles. The molecule has 0 aromatic heterocycles. The minimum absolute atomic E-state index is 0.0364. The zero-order valence-electron chi connectivity index (χ0n) is 13.4. The smallest absolute Gasteiger partial charge is 0.313 e. The molecule has 2 fully saturated rings. The van der Waals surface area contributed by atoms with Gasteiger partial charge in [0.05, 0.1) is 11.3 Å². The fourth-order valence-corrected chi connectivity index (χ4v) is 5.09. The van der Waals surface area contributed by atoms with Crippen molar-refractivity contribution in [2.24, 2.45) is 21.9 Å². The molecule has 3 nitrogen and oxygen atoms in total. The Bertz CT molecular complexity index is 624. The third-order valence-corrected chi connectivity index (χ3v) is 7.20. The van der Waals surface area contributed by atoms with Crippen LogP contribution < -0.4 is 0 Å². The summed E-state index contributed by atoms with van der Waals surface area (Å²) in [6.07, 6.45) is 3.31. The second-order valence-electron chi connectivity index (χ2n) is 7.11. The lowest BCUT2D eigenvalue weighted by Gasteiger charge is -2.36. The number of oxime groups is 1. The quantitative estimate of drug-likeness (QED) is 0.442. The van der Waals surface area contributed by atoms with Crippen LogP contribution in [0.1, 0.15) is 49.0 Å². The van der Waals surface area contributed by atoms with E-state index in [1.807, 2.05) is 19.1 Å². The SMILES string of the molecule is Cc1ccc(C(=O)O/N=C2\C[C@H]3CC[C@]2(C)[C@@]3(C)CBr)cc1. The standard InChI is InChI=1S/C18H22BrNO2/c1-12-4-6-13(7-5-12)16(21)22-20-15-10-14-8-9-17(15,2)18(14,3)11-19/h4-7,14H,8-11H2,1-3H3/b20-15+/t14-,17+,18+/m1/s1. The Kier molecular flexibility index (Phi) is 3.92. The maximum atomic E-state index is 12.1. The van der Waals surface area contributed by atoms with Crippen LogP contribution in [-0.2, 0) is 4.84 Å². The van der Waals surface area contributed by atoms with Crippen LogP contribution in [0.5, 0.6) is 0 Å². The molecule has 4 heteroatoms. The molecular formula is C18H22BrNO2. The molecule has 0 amide bonds. The van der Waals surface area contributed by atoms with Gasteiger partial charge in [-0.1, -0.05) is 52.6 Å². The topological polar surface area (TPSA) is 38.7 Å². The average Bonchev–Trinajstić information content (AvgIpc) is 2.89. The van der Waals surface area contributed by atoms with Crippen molar-refractivity contribution in [2.45, 2.75) is 40.0 Å². The third kappa shape index (κ3) is 2.23. The number of carbonyl (C=O) groups excluding carboxylic acids is 1. The molecule has 2 saturated carbocycles. The number of rotatable bonds is 3. The molecule has 0 unspecified atom stereocenters. The van der Waals surface area contributed by atoms with Crippen molar-refractivity contribution in [2.75, 3.05) is 5.33 Å². The summed E-state index contributed by atoms with van der Waals surface area (Å²) in [6.45, 7) is 6.58. The first-order valence-electron chi connectivity index (χ1n) is 7.82. The average molecular weight is 364 g/mol. The summed E-state index contributed by atoms with van der Waals surface area (Å²) >= 11 is 3.68. The number of benzene rings is 1. The molecule has 0 heterocycles. The largest absolute Gasteiger partial charge is 0.365 e. The zero-order valence-corrected chi connectivity index (χ0v) is 14.9. The van der Waals surface area contributed by atoms with Crippen LogP contribution in [0.4, 0.5) is 0 Å². The molecule has 2 aliphatic rings. The fraction of sp³-hybridized carbons (Fsp3) is 0.556. The van der Waals surface area contributed by atoms with Gasteiger partial charge in [-0.3, -0.25) is 0 Å². The van der Waals surface area contributed by atoms with Crippen molar-refractivity contribution in [3.8, 4) is 0 Å². The Morgan fingerprint density at radius 3 is 2.64 bits per heavy atom. The van der Waals surface area contributed by atoms with E-state index in [-0.39, 0.29) is 16.8 Å². The molecule has 0 spiro atoms. The van der Waals surface area contributed by atoms with E-state index in [2.05, 4.69) is 34.9 Å². The van der Waals surface area contributed by atoms with Crippen molar-refractivity contribution in [1.82, 2.24) is 0 Å². The van der Waals surface area contributed by atoms with Crippen LogP contribution in [0.3, 0.4) is 0 Å². The highest BCUT2D eigenvalue weighted by atomic mass is 79.9. The van der Waals surface area contributed by atoms with E-state index in [9.17, 15) is 4.79 Å². The first-order chi connectivity index (χ1) is 10.4. The number of fused-ring (bicyclic) bond motifs is 2. The lowest BCUT2D eigenvalue weighted by Crippen LogP contribution is -2.36. The molecule has 1 aromatic rings. The van der Waals surface area contributed by atoms with Gasteiger partial charge in [0.15, 0.2) is 0 Å². The Morgan fingerprint density at radius 2 is 2.05 bits per heavy atom. The number of alkyl halides is 1. The molecule has 0 radical (unpaired) electrons. The van der Waals surface area contributed by atoms with Crippen LogP contribution in [0.2, 0.25) is 0 Å². The van der Waals surface area contributed by atoms with Gasteiger partial charge in [-0.05, 0) is 49.7 Å². The van der Waals surface area contributed by atoms with Crippen LogP contribution in [-0.4, -0.2) is 17.0 Å². The number of hydrogen-bond acceptors (Lipinski definition) is 3. The molecule has 3 rings (SSSR count).